The van der Waals surface area contributed by atoms with E-state index in [1.165, 1.54) is 25.8 Å². The van der Waals surface area contributed by atoms with E-state index in [4.69, 9.17) is 4.74 Å². The van der Waals surface area contributed by atoms with Crippen molar-refractivity contribution in [3.05, 3.63) is 29.8 Å². The molecular weight excluding hydrogens is 250 g/mol. The van der Waals surface area contributed by atoms with E-state index in [0.29, 0.717) is 12.5 Å². The maximum Gasteiger partial charge on any atom is 0.125 e. The summed E-state index contributed by atoms with van der Waals surface area (Å²) in [7, 11) is 2.21. The van der Waals surface area contributed by atoms with Crippen LogP contribution >= 0.6 is 0 Å². The number of aliphatic hydroxyl groups is 1. The highest BCUT2D eigenvalue weighted by Crippen LogP contribution is 2.27. The van der Waals surface area contributed by atoms with Crippen molar-refractivity contribution in [1.82, 2.24) is 4.90 Å². The zero-order valence-electron chi connectivity index (χ0n) is 12.7. The van der Waals surface area contributed by atoms with Crippen molar-refractivity contribution in [2.24, 2.45) is 0 Å². The van der Waals surface area contributed by atoms with Crippen LogP contribution in [-0.4, -0.2) is 36.2 Å². The molecule has 0 spiro atoms. The molecule has 1 fully saturated rings. The van der Waals surface area contributed by atoms with Gasteiger partial charge in [0.2, 0.25) is 0 Å². The maximum absolute atomic E-state index is 10.0. The smallest absolute Gasteiger partial charge is 0.125 e. The van der Waals surface area contributed by atoms with Gasteiger partial charge in [0.1, 0.15) is 5.75 Å². The van der Waals surface area contributed by atoms with Gasteiger partial charge in [0.15, 0.2) is 0 Å². The highest BCUT2D eigenvalue weighted by molar-refractivity contribution is 5.34. The minimum Gasteiger partial charge on any atom is -0.493 e. The second-order valence-corrected chi connectivity index (χ2v) is 5.73. The molecule has 3 nitrogen and oxygen atoms in total. The van der Waals surface area contributed by atoms with Gasteiger partial charge in [0, 0.05) is 11.6 Å². The zero-order valence-corrected chi connectivity index (χ0v) is 12.7. The summed E-state index contributed by atoms with van der Waals surface area (Å²) in [6.07, 6.45) is 5.28. The first-order valence-corrected chi connectivity index (χ1v) is 7.82. The Labute approximate surface area is 122 Å². The Hall–Kier alpha value is -1.06. The molecule has 1 unspecified atom stereocenters. The largest absolute Gasteiger partial charge is 0.493 e. The average molecular weight is 277 g/mol. The summed E-state index contributed by atoms with van der Waals surface area (Å²) in [6.45, 7) is 3.91. The quantitative estimate of drug-likeness (QED) is 0.865. The lowest BCUT2D eigenvalue weighted by atomic mass is 10.0. The minimum absolute atomic E-state index is 0.427. The number of piperidine rings is 1. The third kappa shape index (κ3) is 3.97. The first-order valence-electron chi connectivity index (χ1n) is 7.82. The molecule has 1 aromatic carbocycles. The molecule has 0 saturated carbocycles. The van der Waals surface area contributed by atoms with Crippen molar-refractivity contribution in [1.29, 1.82) is 0 Å². The summed E-state index contributed by atoms with van der Waals surface area (Å²) in [6, 6.07) is 8.48. The van der Waals surface area contributed by atoms with Crippen LogP contribution in [0.25, 0.3) is 0 Å². The van der Waals surface area contributed by atoms with E-state index in [1.807, 2.05) is 31.2 Å². The molecule has 1 aromatic rings. The van der Waals surface area contributed by atoms with Crippen LogP contribution in [0.15, 0.2) is 24.3 Å². The maximum atomic E-state index is 10.0. The number of rotatable bonds is 6. The summed E-state index contributed by atoms with van der Waals surface area (Å²) in [5.41, 5.74) is 0.909. The van der Waals surface area contributed by atoms with E-state index in [1.54, 1.807) is 0 Å². The van der Waals surface area contributed by atoms with E-state index in [-0.39, 0.29) is 0 Å². The molecule has 0 aromatic heterocycles. The van der Waals surface area contributed by atoms with Gasteiger partial charge < -0.3 is 14.7 Å². The van der Waals surface area contributed by atoms with Gasteiger partial charge in [-0.25, -0.2) is 0 Å². The average Bonchev–Trinajstić information content (AvgIpc) is 2.49. The summed E-state index contributed by atoms with van der Waals surface area (Å²) in [5.74, 6) is 0.834. The Morgan fingerprint density at radius 1 is 1.35 bits per heavy atom. The predicted molar refractivity (Wildman–Crippen MR) is 82.1 cm³/mol. The van der Waals surface area contributed by atoms with E-state index < -0.39 is 6.10 Å². The SMILES string of the molecule is CC[C@H](O)c1ccccc1OCCC1CCCCN1C. The van der Waals surface area contributed by atoms with Crippen molar-refractivity contribution in [2.45, 2.75) is 51.2 Å². The first kappa shape index (κ1) is 15.3. The van der Waals surface area contributed by atoms with E-state index in [2.05, 4.69) is 11.9 Å². The fourth-order valence-corrected chi connectivity index (χ4v) is 2.92. The number of likely N-dealkylation sites (tertiary alicyclic amines) is 1. The van der Waals surface area contributed by atoms with Crippen LogP contribution in [-0.2, 0) is 0 Å². The van der Waals surface area contributed by atoms with Crippen LogP contribution in [0.3, 0.4) is 0 Å². The molecule has 1 heterocycles. The Balaban J connectivity index is 1.87. The van der Waals surface area contributed by atoms with Crippen LogP contribution in [0.2, 0.25) is 0 Å². The van der Waals surface area contributed by atoms with E-state index >= 15 is 0 Å². The molecule has 20 heavy (non-hydrogen) atoms. The Bertz CT molecular complexity index is 408. The van der Waals surface area contributed by atoms with Crippen molar-refractivity contribution < 1.29 is 9.84 Å². The molecular formula is C17H27NO2. The number of para-hydroxylation sites is 1. The monoisotopic (exact) mass is 277 g/mol. The zero-order chi connectivity index (χ0) is 14.4. The number of benzene rings is 1. The second kappa shape index (κ2) is 7.65. The van der Waals surface area contributed by atoms with Gasteiger partial charge in [-0.3, -0.25) is 0 Å². The molecule has 112 valence electrons. The number of hydrogen-bond donors (Lipinski definition) is 1. The van der Waals surface area contributed by atoms with E-state index in [0.717, 1.165) is 24.3 Å². The van der Waals surface area contributed by atoms with Gasteiger partial charge >= 0.3 is 0 Å². The standard InChI is InChI=1S/C17H27NO2/c1-3-16(19)15-9-4-5-10-17(15)20-13-11-14-8-6-7-12-18(14)2/h4-5,9-10,14,16,19H,3,6-8,11-13H2,1-2H3/t14?,16-/m0/s1. The lowest BCUT2D eigenvalue weighted by Gasteiger charge is -2.32. The van der Waals surface area contributed by atoms with Gasteiger partial charge in [-0.2, -0.15) is 0 Å². The number of nitrogens with zero attached hydrogens (tertiary/aromatic N) is 1. The van der Waals surface area contributed by atoms with Gasteiger partial charge in [-0.05, 0) is 45.3 Å². The Kier molecular flexibility index (Phi) is 5.86. The van der Waals surface area contributed by atoms with Crippen molar-refractivity contribution in [3.63, 3.8) is 0 Å². The lowest BCUT2D eigenvalue weighted by Crippen LogP contribution is -2.37. The molecule has 1 N–H and O–H groups in total. The molecule has 0 amide bonds. The molecule has 1 aliphatic rings. The highest BCUT2D eigenvalue weighted by Gasteiger charge is 2.19. The number of hydrogen-bond acceptors (Lipinski definition) is 3. The van der Waals surface area contributed by atoms with Crippen LogP contribution in [0, 0.1) is 0 Å². The van der Waals surface area contributed by atoms with E-state index in [9.17, 15) is 5.11 Å². The molecule has 0 radical (unpaired) electrons. The second-order valence-electron chi connectivity index (χ2n) is 5.73. The van der Waals surface area contributed by atoms with Gasteiger partial charge in [-0.1, -0.05) is 31.5 Å². The van der Waals surface area contributed by atoms with Gasteiger partial charge in [-0.15, -0.1) is 0 Å². The fraction of sp³-hybridized carbons (Fsp3) is 0.647. The topological polar surface area (TPSA) is 32.7 Å². The first-order chi connectivity index (χ1) is 9.72. The van der Waals surface area contributed by atoms with Gasteiger partial charge in [0.05, 0.1) is 12.7 Å². The molecule has 0 bridgehead atoms. The lowest BCUT2D eigenvalue weighted by molar-refractivity contribution is 0.146. The Morgan fingerprint density at radius 3 is 2.90 bits per heavy atom. The van der Waals surface area contributed by atoms with Crippen molar-refractivity contribution in [2.75, 3.05) is 20.2 Å². The molecule has 2 rings (SSSR count). The summed E-state index contributed by atoms with van der Waals surface area (Å²) in [5, 5.41) is 10.0. The van der Waals surface area contributed by atoms with Crippen molar-refractivity contribution >= 4 is 0 Å². The normalized spacial score (nSPS) is 21.6. The molecule has 3 heteroatoms. The summed E-state index contributed by atoms with van der Waals surface area (Å²) >= 11 is 0. The molecule has 0 aliphatic carbocycles. The van der Waals surface area contributed by atoms with Crippen LogP contribution in [0.4, 0.5) is 0 Å². The summed E-state index contributed by atoms with van der Waals surface area (Å²) in [4.78, 5) is 2.44. The minimum atomic E-state index is -0.427. The molecule has 2 atom stereocenters. The predicted octanol–water partition coefficient (Wildman–Crippen LogP) is 3.38. The third-order valence-corrected chi connectivity index (χ3v) is 4.29. The van der Waals surface area contributed by atoms with Crippen LogP contribution in [0.5, 0.6) is 5.75 Å². The molecule has 1 aliphatic heterocycles. The summed E-state index contributed by atoms with van der Waals surface area (Å²) < 4.78 is 5.92. The number of aliphatic hydroxyl groups excluding tert-OH is 1. The third-order valence-electron chi connectivity index (χ3n) is 4.29. The van der Waals surface area contributed by atoms with Crippen LogP contribution < -0.4 is 4.74 Å². The molecule has 1 saturated heterocycles. The number of ether oxygens (including phenoxy) is 1. The fourth-order valence-electron chi connectivity index (χ4n) is 2.92. The van der Waals surface area contributed by atoms with Crippen molar-refractivity contribution in [3.8, 4) is 5.75 Å². The van der Waals surface area contributed by atoms with Gasteiger partial charge in [0.25, 0.3) is 0 Å². The van der Waals surface area contributed by atoms with Crippen LogP contribution in [0.1, 0.15) is 50.7 Å². The highest BCUT2D eigenvalue weighted by atomic mass is 16.5. The Morgan fingerprint density at radius 2 is 2.15 bits per heavy atom.